The van der Waals surface area contributed by atoms with Crippen LogP contribution in [-0.4, -0.2) is 17.6 Å². The summed E-state index contributed by atoms with van der Waals surface area (Å²) in [5.74, 6) is 2.58. The predicted molar refractivity (Wildman–Crippen MR) is 101 cm³/mol. The lowest BCUT2D eigenvalue weighted by Crippen LogP contribution is -2.55. The lowest BCUT2D eigenvalue weighted by Gasteiger charge is -2.55. The Morgan fingerprint density at radius 3 is 2.38 bits per heavy atom. The normalized spacial score (nSPS) is 37.0. The molecule has 4 fully saturated rings. The van der Waals surface area contributed by atoms with Gasteiger partial charge in [0.15, 0.2) is 5.11 Å². The lowest BCUT2D eigenvalue weighted by atomic mass is 9.49. The van der Waals surface area contributed by atoms with Crippen LogP contribution in [0, 0.1) is 23.2 Å². The number of hydrogen-bond acceptors (Lipinski definition) is 2. The molecule has 0 unspecified atom stereocenters. The van der Waals surface area contributed by atoms with Gasteiger partial charge in [0.25, 0.3) is 0 Å². The maximum absolute atomic E-state index is 12.9. The van der Waals surface area contributed by atoms with Crippen molar-refractivity contribution in [1.82, 2.24) is 10.6 Å². The van der Waals surface area contributed by atoms with Gasteiger partial charge in [0, 0.05) is 6.54 Å². The predicted octanol–water partition coefficient (Wildman–Crippen LogP) is 4.08. The number of thiocarbonyl (C=S) groups is 1. The molecule has 0 heterocycles. The Morgan fingerprint density at radius 1 is 1.12 bits per heavy atom. The number of nitrogens with one attached hydrogen (secondary N) is 2. The van der Waals surface area contributed by atoms with Crippen molar-refractivity contribution in [1.29, 1.82) is 0 Å². The quantitative estimate of drug-likeness (QED) is 0.595. The fourth-order valence-corrected chi connectivity index (χ4v) is 6.33. The van der Waals surface area contributed by atoms with E-state index < -0.39 is 0 Å². The molecule has 0 aromatic rings. The van der Waals surface area contributed by atoms with Crippen LogP contribution in [0.1, 0.15) is 70.6 Å². The molecule has 0 aromatic heterocycles. The van der Waals surface area contributed by atoms with Crippen molar-refractivity contribution in [2.75, 3.05) is 6.54 Å². The van der Waals surface area contributed by atoms with Gasteiger partial charge >= 0.3 is 0 Å². The zero-order valence-electron chi connectivity index (χ0n) is 14.6. The molecule has 5 aliphatic rings. The minimum absolute atomic E-state index is 0.105. The highest BCUT2D eigenvalue weighted by Gasteiger charge is 2.54. The molecule has 5 aliphatic carbocycles. The number of allylic oxidation sites excluding steroid dienone is 1. The molecule has 4 saturated carbocycles. The van der Waals surface area contributed by atoms with Gasteiger partial charge < -0.3 is 10.6 Å². The smallest absolute Gasteiger partial charge is 0.232 e. The Kier molecular flexibility index (Phi) is 4.68. The van der Waals surface area contributed by atoms with Crippen LogP contribution in [0.2, 0.25) is 0 Å². The zero-order chi connectivity index (χ0) is 16.6. The minimum atomic E-state index is -0.105. The minimum Gasteiger partial charge on any atom is -0.362 e. The summed E-state index contributed by atoms with van der Waals surface area (Å²) in [5, 5.41) is 6.82. The van der Waals surface area contributed by atoms with Crippen molar-refractivity contribution in [2.45, 2.75) is 70.6 Å². The summed E-state index contributed by atoms with van der Waals surface area (Å²) in [6.45, 7) is 0.839. The first-order valence-electron chi connectivity index (χ1n) is 9.90. The van der Waals surface area contributed by atoms with Gasteiger partial charge in [-0.1, -0.05) is 11.6 Å². The van der Waals surface area contributed by atoms with E-state index in [4.69, 9.17) is 12.2 Å². The summed E-state index contributed by atoms with van der Waals surface area (Å²) in [4.78, 5) is 12.9. The molecule has 0 atom stereocenters. The summed E-state index contributed by atoms with van der Waals surface area (Å²) in [7, 11) is 0. The van der Waals surface area contributed by atoms with Gasteiger partial charge in [-0.2, -0.15) is 0 Å². The monoisotopic (exact) mass is 346 g/mol. The first-order valence-corrected chi connectivity index (χ1v) is 10.3. The summed E-state index contributed by atoms with van der Waals surface area (Å²) < 4.78 is 0. The van der Waals surface area contributed by atoms with Crippen LogP contribution in [-0.2, 0) is 4.79 Å². The third-order valence-corrected chi connectivity index (χ3v) is 7.11. The highest BCUT2D eigenvalue weighted by molar-refractivity contribution is 7.80. The van der Waals surface area contributed by atoms with E-state index in [1.165, 1.54) is 44.9 Å². The molecule has 0 radical (unpaired) electrons. The van der Waals surface area contributed by atoms with Crippen molar-refractivity contribution in [3.8, 4) is 0 Å². The highest BCUT2D eigenvalue weighted by Crippen LogP contribution is 2.60. The van der Waals surface area contributed by atoms with E-state index in [1.54, 1.807) is 5.57 Å². The van der Waals surface area contributed by atoms with Gasteiger partial charge in [0.2, 0.25) is 5.91 Å². The molecule has 2 N–H and O–H groups in total. The molecule has 0 spiro atoms. The molecular formula is C20H30N2OS. The third-order valence-electron chi connectivity index (χ3n) is 6.86. The van der Waals surface area contributed by atoms with E-state index in [2.05, 4.69) is 16.7 Å². The SMILES string of the molecule is O=C(NC(=S)NCCC1=CCCCC1)C12CC3CC(CC(C3)C1)C2. The van der Waals surface area contributed by atoms with Crippen LogP contribution in [0.15, 0.2) is 11.6 Å². The molecule has 4 heteroatoms. The topological polar surface area (TPSA) is 41.1 Å². The fourth-order valence-electron chi connectivity index (χ4n) is 6.14. The van der Waals surface area contributed by atoms with E-state index in [1.807, 2.05) is 0 Å². The summed E-state index contributed by atoms with van der Waals surface area (Å²) in [6, 6.07) is 0. The van der Waals surface area contributed by atoms with Crippen LogP contribution >= 0.6 is 12.2 Å². The molecule has 4 bridgehead atoms. The van der Waals surface area contributed by atoms with E-state index >= 15 is 0 Å². The van der Waals surface area contributed by atoms with Gasteiger partial charge in [-0.3, -0.25) is 4.79 Å². The van der Waals surface area contributed by atoms with E-state index in [-0.39, 0.29) is 11.3 Å². The number of rotatable bonds is 4. The Morgan fingerprint density at radius 2 is 1.79 bits per heavy atom. The van der Waals surface area contributed by atoms with E-state index in [9.17, 15) is 4.79 Å². The molecular weight excluding hydrogens is 316 g/mol. The van der Waals surface area contributed by atoms with Crippen molar-refractivity contribution >= 4 is 23.2 Å². The Labute approximate surface area is 151 Å². The fraction of sp³-hybridized carbons (Fsp3) is 0.800. The molecule has 0 aliphatic heterocycles. The Hall–Kier alpha value is -0.900. The van der Waals surface area contributed by atoms with Crippen LogP contribution in [0.3, 0.4) is 0 Å². The molecule has 0 saturated heterocycles. The number of hydrogen-bond donors (Lipinski definition) is 2. The van der Waals surface area contributed by atoms with Gasteiger partial charge in [-0.05, 0) is 101 Å². The van der Waals surface area contributed by atoms with Crippen LogP contribution in [0.4, 0.5) is 0 Å². The van der Waals surface area contributed by atoms with Crippen LogP contribution in [0.25, 0.3) is 0 Å². The highest BCUT2D eigenvalue weighted by atomic mass is 32.1. The first-order chi connectivity index (χ1) is 11.6. The van der Waals surface area contributed by atoms with Crippen LogP contribution in [0.5, 0.6) is 0 Å². The molecule has 1 amide bonds. The second kappa shape index (κ2) is 6.78. The Bertz CT molecular complexity index is 519. The van der Waals surface area contributed by atoms with Crippen molar-refractivity contribution < 1.29 is 4.79 Å². The summed E-state index contributed by atoms with van der Waals surface area (Å²) in [6.07, 6.45) is 15.9. The molecule has 0 aromatic carbocycles. The van der Waals surface area contributed by atoms with Crippen molar-refractivity contribution in [3.05, 3.63) is 11.6 Å². The molecule has 132 valence electrons. The maximum atomic E-state index is 12.9. The lowest BCUT2D eigenvalue weighted by molar-refractivity contribution is -0.144. The van der Waals surface area contributed by atoms with E-state index in [0.29, 0.717) is 5.11 Å². The number of amides is 1. The Balaban J connectivity index is 1.26. The van der Waals surface area contributed by atoms with Crippen LogP contribution < -0.4 is 10.6 Å². The van der Waals surface area contributed by atoms with Crippen molar-refractivity contribution in [2.24, 2.45) is 23.2 Å². The second-order valence-corrected chi connectivity index (χ2v) is 9.17. The standard InChI is InChI=1S/C20H30N2OS/c23-18(20-11-15-8-16(12-20)10-17(9-15)13-20)22-19(24)21-7-6-14-4-2-1-3-5-14/h4,15-17H,1-3,5-13H2,(H2,21,22,23,24). The maximum Gasteiger partial charge on any atom is 0.232 e. The van der Waals surface area contributed by atoms with Crippen molar-refractivity contribution in [3.63, 3.8) is 0 Å². The summed E-state index contributed by atoms with van der Waals surface area (Å²) in [5.41, 5.74) is 1.44. The third kappa shape index (κ3) is 3.40. The second-order valence-electron chi connectivity index (χ2n) is 8.77. The number of carbonyl (C=O) groups excluding carboxylic acids is 1. The van der Waals surface area contributed by atoms with Gasteiger partial charge in [-0.25, -0.2) is 0 Å². The molecule has 5 rings (SSSR count). The largest absolute Gasteiger partial charge is 0.362 e. The average Bonchev–Trinajstić information content (AvgIpc) is 2.54. The first kappa shape index (κ1) is 16.6. The molecule has 24 heavy (non-hydrogen) atoms. The van der Waals surface area contributed by atoms with E-state index in [0.717, 1.165) is 50.0 Å². The van der Waals surface area contributed by atoms with Gasteiger partial charge in [-0.15, -0.1) is 0 Å². The summed E-state index contributed by atoms with van der Waals surface area (Å²) >= 11 is 5.39. The van der Waals surface area contributed by atoms with Gasteiger partial charge in [0.05, 0.1) is 5.41 Å². The molecule has 3 nitrogen and oxygen atoms in total. The zero-order valence-corrected chi connectivity index (χ0v) is 15.4. The number of carbonyl (C=O) groups is 1. The van der Waals surface area contributed by atoms with Gasteiger partial charge in [0.1, 0.15) is 0 Å². The average molecular weight is 347 g/mol.